The SMILES string of the molecule is I.NC(=N[C@@H]1C[C@H]1c1cnn(-c2ccccc2)c1)N1CCN(c2ncccn2)CC1. The number of piperazine rings is 1. The molecule has 5 rings (SSSR count). The van der Waals surface area contributed by atoms with E-state index in [1.165, 1.54) is 5.56 Å². The molecule has 0 radical (unpaired) electrons. The van der Waals surface area contributed by atoms with E-state index >= 15 is 0 Å². The van der Waals surface area contributed by atoms with Crippen molar-refractivity contribution in [1.82, 2.24) is 24.6 Å². The Morgan fingerprint density at radius 2 is 1.73 bits per heavy atom. The summed E-state index contributed by atoms with van der Waals surface area (Å²) in [7, 11) is 0. The molecule has 1 aromatic carbocycles. The largest absolute Gasteiger partial charge is 0.370 e. The Labute approximate surface area is 192 Å². The van der Waals surface area contributed by atoms with E-state index in [4.69, 9.17) is 10.7 Å². The van der Waals surface area contributed by atoms with Crippen molar-refractivity contribution < 1.29 is 0 Å². The molecule has 3 aromatic rings. The molecule has 1 aliphatic heterocycles. The molecule has 2 N–H and O–H groups in total. The van der Waals surface area contributed by atoms with Gasteiger partial charge in [-0.1, -0.05) is 18.2 Å². The standard InChI is InChI=1S/C21H24N8.HI/c22-20(27-9-11-28(12-10-27)21-23-7-4-8-24-21)26-19-13-18(19)16-14-25-29(15-16)17-5-2-1-3-6-17;/h1-8,14-15,18-19H,9-13H2,(H2,22,26);1H/t18-,19+;/m0./s1. The fraction of sp³-hybridized carbons (Fsp3) is 0.333. The highest BCUT2D eigenvalue weighted by Gasteiger charge is 2.40. The van der Waals surface area contributed by atoms with E-state index in [0.717, 1.165) is 44.2 Å². The Balaban J connectivity index is 0.00000218. The molecule has 156 valence electrons. The van der Waals surface area contributed by atoms with Gasteiger partial charge in [0.25, 0.3) is 0 Å². The van der Waals surface area contributed by atoms with Gasteiger partial charge in [0, 0.05) is 50.7 Å². The van der Waals surface area contributed by atoms with Gasteiger partial charge in [0.05, 0.1) is 17.9 Å². The summed E-state index contributed by atoms with van der Waals surface area (Å²) in [6, 6.07) is 12.2. The van der Waals surface area contributed by atoms with Crippen LogP contribution in [0.5, 0.6) is 0 Å². The zero-order valence-corrected chi connectivity index (χ0v) is 18.9. The molecule has 30 heavy (non-hydrogen) atoms. The van der Waals surface area contributed by atoms with E-state index in [-0.39, 0.29) is 30.0 Å². The Hall–Kier alpha value is -2.69. The van der Waals surface area contributed by atoms with Crippen molar-refractivity contribution in [3.05, 3.63) is 66.7 Å². The van der Waals surface area contributed by atoms with Crippen LogP contribution in [0.15, 0.2) is 66.2 Å². The molecule has 0 bridgehead atoms. The molecule has 1 aliphatic carbocycles. The fourth-order valence-corrected chi connectivity index (χ4v) is 3.77. The van der Waals surface area contributed by atoms with Crippen molar-refractivity contribution in [2.75, 3.05) is 31.1 Å². The maximum atomic E-state index is 6.32. The van der Waals surface area contributed by atoms with Gasteiger partial charge in [0.2, 0.25) is 5.95 Å². The van der Waals surface area contributed by atoms with Crippen LogP contribution in [0.25, 0.3) is 5.69 Å². The molecule has 1 saturated carbocycles. The van der Waals surface area contributed by atoms with Crippen LogP contribution in [-0.4, -0.2) is 62.8 Å². The Kier molecular flexibility index (Phi) is 6.16. The third-order valence-electron chi connectivity index (χ3n) is 5.54. The van der Waals surface area contributed by atoms with Crippen molar-refractivity contribution in [2.45, 2.75) is 18.4 Å². The number of hydrogen-bond donors (Lipinski definition) is 1. The molecule has 9 heteroatoms. The predicted octanol–water partition coefficient (Wildman–Crippen LogP) is 2.27. The van der Waals surface area contributed by atoms with E-state index < -0.39 is 0 Å². The van der Waals surface area contributed by atoms with Gasteiger partial charge in [-0.25, -0.2) is 19.6 Å². The van der Waals surface area contributed by atoms with Crippen LogP contribution in [0.4, 0.5) is 5.95 Å². The van der Waals surface area contributed by atoms with Crippen LogP contribution in [0.1, 0.15) is 17.9 Å². The second-order valence-corrected chi connectivity index (χ2v) is 7.47. The molecule has 0 unspecified atom stereocenters. The number of aliphatic imine (C=N–C) groups is 1. The van der Waals surface area contributed by atoms with Crippen LogP contribution < -0.4 is 10.6 Å². The minimum atomic E-state index is 0. The normalized spacial score (nSPS) is 21.3. The van der Waals surface area contributed by atoms with Crippen LogP contribution in [0, 0.1) is 0 Å². The maximum absolute atomic E-state index is 6.32. The number of anilines is 1. The Morgan fingerprint density at radius 3 is 2.47 bits per heavy atom. The van der Waals surface area contributed by atoms with Gasteiger partial charge in [-0.15, -0.1) is 24.0 Å². The van der Waals surface area contributed by atoms with Crippen molar-refractivity contribution in [3.8, 4) is 5.69 Å². The molecule has 2 atom stereocenters. The zero-order valence-electron chi connectivity index (χ0n) is 16.6. The summed E-state index contributed by atoms with van der Waals surface area (Å²) < 4.78 is 1.92. The summed E-state index contributed by atoms with van der Waals surface area (Å²) >= 11 is 0. The molecule has 1 saturated heterocycles. The molecule has 2 aliphatic rings. The minimum absolute atomic E-state index is 0. The second kappa shape index (κ2) is 8.99. The number of para-hydroxylation sites is 1. The maximum Gasteiger partial charge on any atom is 0.225 e. The van der Waals surface area contributed by atoms with Gasteiger partial charge >= 0.3 is 0 Å². The number of guanidine groups is 1. The monoisotopic (exact) mass is 516 g/mol. The quantitative estimate of drug-likeness (QED) is 0.325. The third kappa shape index (κ3) is 4.40. The molecular weight excluding hydrogens is 491 g/mol. The molecule has 2 aromatic heterocycles. The minimum Gasteiger partial charge on any atom is -0.370 e. The fourth-order valence-electron chi connectivity index (χ4n) is 3.77. The summed E-state index contributed by atoms with van der Waals surface area (Å²) in [6.07, 6.45) is 8.63. The Morgan fingerprint density at radius 1 is 1.00 bits per heavy atom. The lowest BCUT2D eigenvalue weighted by Gasteiger charge is -2.35. The van der Waals surface area contributed by atoms with Crippen molar-refractivity contribution in [1.29, 1.82) is 0 Å². The van der Waals surface area contributed by atoms with Crippen molar-refractivity contribution in [3.63, 3.8) is 0 Å². The highest BCUT2D eigenvalue weighted by atomic mass is 127. The highest BCUT2D eigenvalue weighted by molar-refractivity contribution is 14.0. The van der Waals surface area contributed by atoms with E-state index in [9.17, 15) is 0 Å². The molecule has 0 amide bonds. The first-order valence-corrected chi connectivity index (χ1v) is 9.98. The van der Waals surface area contributed by atoms with Gasteiger partial charge in [0.15, 0.2) is 5.96 Å². The van der Waals surface area contributed by atoms with Crippen LogP contribution in [0.2, 0.25) is 0 Å². The van der Waals surface area contributed by atoms with Crippen LogP contribution >= 0.6 is 24.0 Å². The van der Waals surface area contributed by atoms with E-state index in [1.54, 1.807) is 12.4 Å². The van der Waals surface area contributed by atoms with Gasteiger partial charge in [0.1, 0.15) is 0 Å². The number of hydrogen-bond acceptors (Lipinski definition) is 5. The number of aromatic nitrogens is 4. The summed E-state index contributed by atoms with van der Waals surface area (Å²) in [5.41, 5.74) is 8.61. The molecule has 3 heterocycles. The van der Waals surface area contributed by atoms with Gasteiger partial charge in [-0.05, 0) is 30.2 Å². The van der Waals surface area contributed by atoms with Gasteiger partial charge < -0.3 is 15.5 Å². The average molecular weight is 516 g/mol. The van der Waals surface area contributed by atoms with Crippen molar-refractivity contribution >= 4 is 35.9 Å². The number of nitrogens with zero attached hydrogens (tertiary/aromatic N) is 7. The zero-order chi connectivity index (χ0) is 19.6. The third-order valence-corrected chi connectivity index (χ3v) is 5.54. The second-order valence-electron chi connectivity index (χ2n) is 7.47. The summed E-state index contributed by atoms with van der Waals surface area (Å²) in [5.74, 6) is 1.83. The number of halogens is 1. The number of nitrogens with two attached hydrogens (primary N) is 1. The van der Waals surface area contributed by atoms with E-state index in [2.05, 4.69) is 43.2 Å². The molecule has 2 fully saturated rings. The summed E-state index contributed by atoms with van der Waals surface area (Å²) in [6.45, 7) is 3.35. The predicted molar refractivity (Wildman–Crippen MR) is 128 cm³/mol. The first-order chi connectivity index (χ1) is 14.3. The smallest absolute Gasteiger partial charge is 0.225 e. The lowest BCUT2D eigenvalue weighted by molar-refractivity contribution is 0.378. The first-order valence-electron chi connectivity index (χ1n) is 9.98. The molecule has 8 nitrogen and oxygen atoms in total. The van der Waals surface area contributed by atoms with E-state index in [1.807, 2.05) is 35.1 Å². The van der Waals surface area contributed by atoms with E-state index in [0.29, 0.717) is 11.9 Å². The van der Waals surface area contributed by atoms with Crippen LogP contribution in [0.3, 0.4) is 0 Å². The number of benzene rings is 1. The number of rotatable bonds is 4. The van der Waals surface area contributed by atoms with Gasteiger partial charge in [-0.3, -0.25) is 0 Å². The highest BCUT2D eigenvalue weighted by Crippen LogP contribution is 2.43. The summed E-state index contributed by atoms with van der Waals surface area (Å²) in [5, 5.41) is 4.50. The lowest BCUT2D eigenvalue weighted by Crippen LogP contribution is -2.51. The molecule has 0 spiro atoms. The average Bonchev–Trinajstić information content (AvgIpc) is 3.37. The molecular formula is C21H25IN8. The topological polar surface area (TPSA) is 88.5 Å². The lowest BCUT2D eigenvalue weighted by atomic mass is 10.2. The summed E-state index contributed by atoms with van der Waals surface area (Å²) in [4.78, 5) is 17.8. The first kappa shape index (κ1) is 20.6. The Bertz CT molecular complexity index is 983. The van der Waals surface area contributed by atoms with Crippen molar-refractivity contribution in [2.24, 2.45) is 10.7 Å². The van der Waals surface area contributed by atoms with Gasteiger partial charge in [-0.2, -0.15) is 5.10 Å². The van der Waals surface area contributed by atoms with Crippen LogP contribution in [-0.2, 0) is 0 Å².